The zero-order valence-electron chi connectivity index (χ0n) is 25.8. The smallest absolute Gasteiger partial charge is 0.374 e. The van der Waals surface area contributed by atoms with Crippen molar-refractivity contribution in [2.45, 2.75) is 157 Å². The molecule has 0 aliphatic rings. The van der Waals surface area contributed by atoms with Crippen molar-refractivity contribution in [3.05, 3.63) is 0 Å². The van der Waals surface area contributed by atoms with E-state index in [-0.39, 0.29) is 0 Å². The lowest BCUT2D eigenvalue weighted by Gasteiger charge is -2.38. The van der Waals surface area contributed by atoms with E-state index in [4.69, 9.17) is 13.3 Å². The molecular weight excluding hydrogens is 462 g/mol. The van der Waals surface area contributed by atoms with Gasteiger partial charge in [-0.1, -0.05) is 96.8 Å². The highest BCUT2D eigenvalue weighted by atomic mass is 28.4. The lowest BCUT2D eigenvalue weighted by atomic mass is 10.0. The molecule has 218 valence electrons. The molecule has 36 heavy (non-hydrogen) atoms. The first kappa shape index (κ1) is 36.1. The standard InChI is InChI=1S/C31H68NO3Si/c1-7-13-14-15-16-17-18-19-20-21-22-23-24-25-26-27-29-32(8-2,9-3)30-28-31-36(33-10-4,34-11-5)35-12-6/h7-31H2,1-6H3/q+1. The fraction of sp³-hybridized carbons (Fsp3) is 1.00. The van der Waals surface area contributed by atoms with Gasteiger partial charge in [0.2, 0.25) is 0 Å². The Hall–Kier alpha value is 0.0569. The Balaban J connectivity index is 3.96. The van der Waals surface area contributed by atoms with Crippen LogP contribution >= 0.6 is 0 Å². The Kier molecular flexibility index (Phi) is 25.4. The van der Waals surface area contributed by atoms with E-state index in [2.05, 4.69) is 41.5 Å². The van der Waals surface area contributed by atoms with Crippen molar-refractivity contribution < 1.29 is 17.8 Å². The van der Waals surface area contributed by atoms with E-state index in [0.717, 1.165) is 12.5 Å². The molecule has 0 atom stereocenters. The van der Waals surface area contributed by atoms with Crippen LogP contribution in [0.5, 0.6) is 0 Å². The third-order valence-electron chi connectivity index (χ3n) is 8.04. The van der Waals surface area contributed by atoms with Crippen LogP contribution in [0.4, 0.5) is 0 Å². The molecule has 0 aliphatic carbocycles. The van der Waals surface area contributed by atoms with Gasteiger partial charge in [0, 0.05) is 32.3 Å². The van der Waals surface area contributed by atoms with Crippen LogP contribution in [0.25, 0.3) is 0 Å². The van der Waals surface area contributed by atoms with Gasteiger partial charge in [0.05, 0.1) is 26.2 Å². The van der Waals surface area contributed by atoms with Crippen LogP contribution in [0, 0.1) is 0 Å². The van der Waals surface area contributed by atoms with Gasteiger partial charge in [-0.25, -0.2) is 0 Å². The third-order valence-corrected chi connectivity index (χ3v) is 11.2. The van der Waals surface area contributed by atoms with E-state index in [0.29, 0.717) is 19.8 Å². The number of quaternary nitrogens is 1. The Morgan fingerprint density at radius 2 is 0.750 bits per heavy atom. The number of hydrogen-bond acceptors (Lipinski definition) is 3. The number of unbranched alkanes of at least 4 members (excludes halogenated alkanes) is 15. The zero-order chi connectivity index (χ0) is 26.8. The van der Waals surface area contributed by atoms with E-state index >= 15 is 0 Å². The maximum absolute atomic E-state index is 6.07. The summed E-state index contributed by atoms with van der Waals surface area (Å²) in [5.41, 5.74) is 0. The van der Waals surface area contributed by atoms with Gasteiger partial charge in [0.15, 0.2) is 0 Å². The predicted octanol–water partition coefficient (Wildman–Crippen LogP) is 9.54. The van der Waals surface area contributed by atoms with Gasteiger partial charge in [-0.3, -0.25) is 0 Å². The number of nitrogens with zero attached hydrogens (tertiary/aromatic N) is 1. The molecule has 0 bridgehead atoms. The average molecular weight is 531 g/mol. The van der Waals surface area contributed by atoms with E-state index < -0.39 is 8.80 Å². The maximum Gasteiger partial charge on any atom is 0.501 e. The third kappa shape index (κ3) is 18.3. The summed E-state index contributed by atoms with van der Waals surface area (Å²) in [5, 5.41) is 0. The van der Waals surface area contributed by atoms with Crippen molar-refractivity contribution in [1.29, 1.82) is 0 Å². The second-order valence-corrected chi connectivity index (χ2v) is 13.5. The summed E-state index contributed by atoms with van der Waals surface area (Å²) < 4.78 is 19.5. The van der Waals surface area contributed by atoms with Crippen LogP contribution in [0.15, 0.2) is 0 Å². The molecule has 0 unspecified atom stereocenters. The lowest BCUT2D eigenvalue weighted by molar-refractivity contribution is -0.925. The highest BCUT2D eigenvalue weighted by molar-refractivity contribution is 6.60. The number of hydrogen-bond donors (Lipinski definition) is 0. The van der Waals surface area contributed by atoms with Crippen LogP contribution in [0.3, 0.4) is 0 Å². The van der Waals surface area contributed by atoms with Crippen molar-refractivity contribution in [3.63, 3.8) is 0 Å². The molecule has 0 N–H and O–H groups in total. The number of rotatable bonds is 29. The van der Waals surface area contributed by atoms with Crippen LogP contribution in [0.2, 0.25) is 6.04 Å². The second-order valence-electron chi connectivity index (χ2n) is 10.8. The van der Waals surface area contributed by atoms with E-state index in [1.54, 1.807) is 0 Å². The first-order valence-electron chi connectivity index (χ1n) is 16.3. The van der Waals surface area contributed by atoms with Gasteiger partial charge in [-0.15, -0.1) is 0 Å². The molecule has 0 saturated carbocycles. The molecule has 0 heterocycles. The van der Waals surface area contributed by atoms with Crippen molar-refractivity contribution in [3.8, 4) is 0 Å². The van der Waals surface area contributed by atoms with E-state index in [9.17, 15) is 0 Å². The minimum atomic E-state index is -2.51. The molecule has 0 amide bonds. The highest BCUT2D eigenvalue weighted by Crippen LogP contribution is 2.21. The zero-order valence-corrected chi connectivity index (χ0v) is 26.8. The first-order chi connectivity index (χ1) is 17.6. The molecule has 0 spiro atoms. The van der Waals surface area contributed by atoms with Crippen molar-refractivity contribution in [1.82, 2.24) is 0 Å². The molecule has 0 rings (SSSR count). The fourth-order valence-corrected chi connectivity index (χ4v) is 8.19. The molecular formula is C31H68NO3Si+. The maximum atomic E-state index is 6.07. The minimum Gasteiger partial charge on any atom is -0.374 e. The van der Waals surface area contributed by atoms with Crippen molar-refractivity contribution in [2.75, 3.05) is 46.0 Å². The topological polar surface area (TPSA) is 27.7 Å². The molecule has 0 aromatic carbocycles. The summed E-state index contributed by atoms with van der Waals surface area (Å²) in [7, 11) is -2.51. The summed E-state index contributed by atoms with van der Waals surface area (Å²) in [6.45, 7) is 20.2. The normalized spacial score (nSPS) is 12.5. The van der Waals surface area contributed by atoms with Gasteiger partial charge < -0.3 is 17.8 Å². The molecule has 5 heteroatoms. The summed E-state index contributed by atoms with van der Waals surface area (Å²) in [4.78, 5) is 0. The van der Waals surface area contributed by atoms with Gasteiger partial charge >= 0.3 is 8.80 Å². The summed E-state index contributed by atoms with van der Waals surface area (Å²) in [5.74, 6) is 0. The molecule has 0 saturated heterocycles. The molecule has 0 aliphatic heterocycles. The summed E-state index contributed by atoms with van der Waals surface area (Å²) in [6.07, 6.45) is 24.1. The Bertz CT molecular complexity index is 429. The largest absolute Gasteiger partial charge is 0.501 e. The van der Waals surface area contributed by atoms with Crippen molar-refractivity contribution >= 4 is 8.80 Å². The molecule has 0 fully saturated rings. The summed E-state index contributed by atoms with van der Waals surface area (Å²) in [6, 6.07) is 0.946. The molecule has 0 radical (unpaired) electrons. The second kappa shape index (κ2) is 25.3. The van der Waals surface area contributed by atoms with Gasteiger partial charge in [0.1, 0.15) is 0 Å². The monoisotopic (exact) mass is 530 g/mol. The van der Waals surface area contributed by atoms with Crippen molar-refractivity contribution in [2.24, 2.45) is 0 Å². The van der Waals surface area contributed by atoms with Gasteiger partial charge in [-0.05, 0) is 47.5 Å². The van der Waals surface area contributed by atoms with Gasteiger partial charge in [0.25, 0.3) is 0 Å². The quantitative estimate of drug-likeness (QED) is 0.0547. The Morgan fingerprint density at radius 1 is 0.417 bits per heavy atom. The predicted molar refractivity (Wildman–Crippen MR) is 161 cm³/mol. The van der Waals surface area contributed by atoms with Crippen LogP contribution in [-0.4, -0.2) is 59.3 Å². The molecule has 0 aromatic rings. The molecule has 4 nitrogen and oxygen atoms in total. The summed E-state index contributed by atoms with van der Waals surface area (Å²) >= 11 is 0. The Morgan fingerprint density at radius 3 is 1.08 bits per heavy atom. The first-order valence-corrected chi connectivity index (χ1v) is 18.3. The lowest BCUT2D eigenvalue weighted by Crippen LogP contribution is -2.51. The average Bonchev–Trinajstić information content (AvgIpc) is 2.88. The Labute approximate surface area is 229 Å². The SMILES string of the molecule is CCCCCCCCCCCCCCCCCC[N+](CC)(CC)CCC[Si](OCC)(OCC)OCC. The van der Waals surface area contributed by atoms with Gasteiger partial charge in [-0.2, -0.15) is 0 Å². The van der Waals surface area contributed by atoms with E-state index in [1.807, 2.05) is 0 Å². The van der Waals surface area contributed by atoms with Crippen LogP contribution in [-0.2, 0) is 13.3 Å². The highest BCUT2D eigenvalue weighted by Gasteiger charge is 2.40. The fourth-order valence-electron chi connectivity index (χ4n) is 5.60. The van der Waals surface area contributed by atoms with Crippen LogP contribution in [0.1, 0.15) is 151 Å². The molecule has 0 aromatic heterocycles. The van der Waals surface area contributed by atoms with E-state index in [1.165, 1.54) is 133 Å². The van der Waals surface area contributed by atoms with Crippen LogP contribution < -0.4 is 0 Å². The minimum absolute atomic E-state index is 0.674.